The number of hydrogen-bond acceptors (Lipinski definition) is 9. The highest BCUT2D eigenvalue weighted by Gasteiger charge is 2.15. The van der Waals surface area contributed by atoms with Gasteiger partial charge in [0.15, 0.2) is 57.5 Å². The van der Waals surface area contributed by atoms with Crippen LogP contribution in [0.2, 0.25) is 0 Å². The summed E-state index contributed by atoms with van der Waals surface area (Å²) >= 11 is 0. The molecule has 0 bridgehead atoms. The van der Waals surface area contributed by atoms with Gasteiger partial charge in [-0.3, -0.25) is 0 Å². The lowest BCUT2D eigenvalue weighted by Crippen LogP contribution is -1.95. The van der Waals surface area contributed by atoms with E-state index < -0.39 is 0 Å². The van der Waals surface area contributed by atoms with Crippen molar-refractivity contribution in [1.29, 1.82) is 0 Å². The van der Waals surface area contributed by atoms with Gasteiger partial charge in [0.2, 0.25) is 0 Å². The monoisotopic (exact) mass is 752 g/mol. The second-order valence-electron chi connectivity index (χ2n) is 12.5. The zero-order valence-electron chi connectivity index (χ0n) is 30.5. The molecule has 8 rings (SSSR count). The van der Waals surface area contributed by atoms with E-state index >= 15 is 0 Å². The van der Waals surface area contributed by atoms with E-state index in [2.05, 4.69) is 0 Å². The fourth-order valence-electron chi connectivity index (χ4n) is 5.69. The molecule has 0 radical (unpaired) electrons. The molecule has 9 heteroatoms. The van der Waals surface area contributed by atoms with Gasteiger partial charge in [-0.2, -0.15) is 0 Å². The fraction of sp³-hybridized carbons (Fsp3) is 0. The molecule has 0 amide bonds. The molecule has 0 unspecified atom stereocenters. The lowest BCUT2D eigenvalue weighted by molar-refractivity contribution is 0.392. The first-order valence-electron chi connectivity index (χ1n) is 18.0. The second kappa shape index (κ2) is 17.0. The van der Waals surface area contributed by atoms with E-state index in [0.717, 1.165) is 0 Å². The Labute approximate surface area is 329 Å². The summed E-state index contributed by atoms with van der Waals surface area (Å²) in [4.78, 5) is 0. The molecule has 0 spiro atoms. The van der Waals surface area contributed by atoms with Crippen molar-refractivity contribution in [3.05, 3.63) is 194 Å². The Balaban J connectivity index is 0.953. The Morgan fingerprint density at radius 3 is 0.737 bits per heavy atom. The normalized spacial score (nSPS) is 10.6. The van der Waals surface area contributed by atoms with Gasteiger partial charge >= 0.3 is 0 Å². The van der Waals surface area contributed by atoms with E-state index in [4.69, 9.17) is 44.6 Å². The van der Waals surface area contributed by atoms with Crippen LogP contribution in [0.1, 0.15) is 0 Å². The van der Waals surface area contributed by atoms with Gasteiger partial charge in [-0.1, -0.05) is 84.9 Å². The van der Waals surface area contributed by atoms with E-state index in [-0.39, 0.29) is 0 Å². The summed E-state index contributed by atoms with van der Waals surface area (Å²) in [5, 5.41) is 0. The Bertz CT molecular complexity index is 2450. The van der Waals surface area contributed by atoms with Crippen molar-refractivity contribution in [3.63, 3.8) is 0 Å². The Kier molecular flexibility index (Phi) is 10.7. The summed E-state index contributed by atoms with van der Waals surface area (Å²) in [6.07, 6.45) is 0. The molecule has 0 aliphatic heterocycles. The van der Waals surface area contributed by atoms with Crippen LogP contribution in [0.4, 0.5) is 11.4 Å². The van der Waals surface area contributed by atoms with Crippen LogP contribution in [0.15, 0.2) is 194 Å². The van der Waals surface area contributed by atoms with E-state index in [1.807, 2.05) is 158 Å². The average molecular weight is 753 g/mol. The van der Waals surface area contributed by atoms with E-state index in [1.165, 1.54) is 0 Å². The molecular weight excluding hydrogens is 717 g/mol. The second-order valence-corrected chi connectivity index (χ2v) is 12.5. The van der Waals surface area contributed by atoms with Crippen molar-refractivity contribution in [2.75, 3.05) is 11.5 Å². The Morgan fingerprint density at radius 2 is 0.439 bits per heavy atom. The first-order chi connectivity index (χ1) is 28.0. The SMILES string of the molecule is Nc1ccccc1Oc1ccccc1Oc1ccccc1Oc1cccc(Oc2cccc(Oc3ccccc3Oc3ccccc3Oc3ccccc3N)c2)c1. The molecule has 4 N–H and O–H groups in total. The van der Waals surface area contributed by atoms with Gasteiger partial charge in [0.05, 0.1) is 11.4 Å². The van der Waals surface area contributed by atoms with Crippen molar-refractivity contribution >= 4 is 11.4 Å². The minimum atomic E-state index is 0.493. The van der Waals surface area contributed by atoms with Crippen LogP contribution in [0.5, 0.6) is 80.5 Å². The fourth-order valence-corrected chi connectivity index (χ4v) is 5.69. The number of rotatable bonds is 14. The van der Waals surface area contributed by atoms with Crippen molar-refractivity contribution in [2.45, 2.75) is 0 Å². The van der Waals surface area contributed by atoms with Gasteiger partial charge < -0.3 is 44.6 Å². The summed E-state index contributed by atoms with van der Waals surface area (Å²) in [5.74, 6) is 7.26. The van der Waals surface area contributed by atoms with Crippen molar-refractivity contribution < 1.29 is 33.2 Å². The maximum Gasteiger partial charge on any atom is 0.170 e. The molecule has 57 heavy (non-hydrogen) atoms. The molecule has 0 aliphatic rings. The third-order valence-electron chi connectivity index (χ3n) is 8.42. The van der Waals surface area contributed by atoms with Crippen LogP contribution < -0.4 is 44.6 Å². The summed E-state index contributed by atoms with van der Waals surface area (Å²) in [7, 11) is 0. The molecule has 0 aliphatic carbocycles. The molecule has 0 fully saturated rings. The summed E-state index contributed by atoms with van der Waals surface area (Å²) < 4.78 is 43.8. The minimum Gasteiger partial charge on any atom is -0.457 e. The number of nitrogens with two attached hydrogens (primary N) is 2. The molecule has 0 saturated heterocycles. The van der Waals surface area contributed by atoms with Gasteiger partial charge in [0.25, 0.3) is 0 Å². The van der Waals surface area contributed by atoms with Gasteiger partial charge in [-0.15, -0.1) is 0 Å². The molecule has 8 aromatic rings. The molecule has 0 heterocycles. The van der Waals surface area contributed by atoms with Crippen LogP contribution in [0, 0.1) is 0 Å². The van der Waals surface area contributed by atoms with E-state index in [1.54, 1.807) is 36.4 Å². The van der Waals surface area contributed by atoms with Crippen LogP contribution in [-0.4, -0.2) is 0 Å². The van der Waals surface area contributed by atoms with Crippen molar-refractivity contribution in [3.8, 4) is 80.5 Å². The van der Waals surface area contributed by atoms with Gasteiger partial charge in [-0.05, 0) is 97.1 Å². The number of hydrogen-bond donors (Lipinski definition) is 2. The summed E-state index contributed by atoms with van der Waals surface area (Å²) in [5.41, 5.74) is 13.3. The lowest BCUT2D eigenvalue weighted by atomic mass is 10.2. The first-order valence-corrected chi connectivity index (χ1v) is 18.0. The number of para-hydroxylation sites is 12. The molecule has 9 nitrogen and oxygen atoms in total. The Hall–Kier alpha value is -8.04. The zero-order chi connectivity index (χ0) is 38.8. The van der Waals surface area contributed by atoms with Crippen molar-refractivity contribution in [2.24, 2.45) is 0 Å². The van der Waals surface area contributed by atoms with Crippen molar-refractivity contribution in [1.82, 2.24) is 0 Å². The highest BCUT2D eigenvalue weighted by Crippen LogP contribution is 2.43. The van der Waals surface area contributed by atoms with Crippen LogP contribution >= 0.6 is 0 Å². The highest BCUT2D eigenvalue weighted by atomic mass is 16.6. The Morgan fingerprint density at radius 1 is 0.211 bits per heavy atom. The molecule has 280 valence electrons. The topological polar surface area (TPSA) is 117 Å². The van der Waals surface area contributed by atoms with Gasteiger partial charge in [-0.25, -0.2) is 0 Å². The molecule has 0 saturated carbocycles. The summed E-state index contributed by atoms with van der Waals surface area (Å²) in [6.45, 7) is 0. The minimum absolute atomic E-state index is 0.493. The number of ether oxygens (including phenoxy) is 7. The van der Waals surface area contributed by atoms with Crippen LogP contribution in [-0.2, 0) is 0 Å². The third kappa shape index (κ3) is 9.02. The lowest BCUT2D eigenvalue weighted by Gasteiger charge is -2.16. The standard InChI is InChI=1S/C48H36N2O7/c49-37-19-1-3-21-39(37)54-45-27-9-11-29-47(45)56-43-25-7-5-23-41(43)52-35-17-13-15-33(31-35)51-34-16-14-18-36(32-34)53-42-24-6-8-26-44(42)57-48-30-12-10-28-46(48)55-40-22-4-2-20-38(40)50/h1-32H,49-50H2. The molecular formula is C48H36N2O7. The highest BCUT2D eigenvalue weighted by molar-refractivity contribution is 5.58. The van der Waals surface area contributed by atoms with E-state index in [9.17, 15) is 0 Å². The maximum atomic E-state index is 6.33. The molecule has 0 aromatic heterocycles. The molecule has 8 aromatic carbocycles. The zero-order valence-corrected chi connectivity index (χ0v) is 30.5. The predicted molar refractivity (Wildman–Crippen MR) is 221 cm³/mol. The largest absolute Gasteiger partial charge is 0.457 e. The smallest absolute Gasteiger partial charge is 0.170 e. The molecule has 0 atom stereocenters. The number of nitrogen functional groups attached to an aromatic ring is 2. The number of benzene rings is 8. The maximum absolute atomic E-state index is 6.33. The van der Waals surface area contributed by atoms with E-state index in [0.29, 0.717) is 91.9 Å². The number of anilines is 2. The third-order valence-corrected chi connectivity index (χ3v) is 8.42. The first kappa shape index (κ1) is 36.0. The predicted octanol–water partition coefficient (Wildman–Crippen LogP) is 13.4. The van der Waals surface area contributed by atoms with Crippen LogP contribution in [0.25, 0.3) is 0 Å². The van der Waals surface area contributed by atoms with Crippen LogP contribution in [0.3, 0.4) is 0 Å². The van der Waals surface area contributed by atoms with Gasteiger partial charge in [0.1, 0.15) is 23.0 Å². The quantitative estimate of drug-likeness (QED) is 0.105. The average Bonchev–Trinajstić information content (AvgIpc) is 3.23. The summed E-state index contributed by atoms with van der Waals surface area (Å²) in [6, 6.07) is 58.8. The van der Waals surface area contributed by atoms with Gasteiger partial charge in [0, 0.05) is 12.1 Å².